The molecule has 6 heteroatoms. The largest absolute Gasteiger partial charge is 0.444 e. The summed E-state index contributed by atoms with van der Waals surface area (Å²) in [5.74, 6) is 3.87. The number of oxazole rings is 1. The van der Waals surface area contributed by atoms with Gasteiger partial charge in [0.2, 0.25) is 5.89 Å². The fraction of sp³-hybridized carbons (Fsp3) is 0.583. The molecule has 0 radical (unpaired) electrons. The maximum absolute atomic E-state index is 5.66. The Morgan fingerprint density at radius 2 is 1.83 bits per heavy atom. The Labute approximate surface area is 181 Å². The third kappa shape index (κ3) is 6.33. The van der Waals surface area contributed by atoms with Crippen molar-refractivity contribution in [2.75, 3.05) is 19.6 Å². The van der Waals surface area contributed by atoms with Crippen LogP contribution in [0.5, 0.6) is 0 Å². The first-order chi connectivity index (χ1) is 14.4. The lowest BCUT2D eigenvalue weighted by molar-refractivity contribution is 0.134. The molecule has 2 atom stereocenters. The number of piperidine rings is 1. The summed E-state index contributed by atoms with van der Waals surface area (Å²) in [7, 11) is 0. The summed E-state index contributed by atoms with van der Waals surface area (Å²) in [5, 5.41) is 6.65. The molecule has 0 saturated carbocycles. The number of guanidine groups is 1. The molecule has 1 saturated heterocycles. The number of nitrogens with zero attached hydrogens (tertiary/aromatic N) is 3. The number of rotatable bonds is 7. The summed E-state index contributed by atoms with van der Waals surface area (Å²) in [4.78, 5) is 11.8. The fourth-order valence-corrected chi connectivity index (χ4v) is 4.31. The third-order valence-electron chi connectivity index (χ3n) is 5.69. The van der Waals surface area contributed by atoms with E-state index in [2.05, 4.69) is 65.6 Å². The van der Waals surface area contributed by atoms with Crippen LogP contribution in [0.25, 0.3) is 0 Å². The van der Waals surface area contributed by atoms with Gasteiger partial charge in [-0.15, -0.1) is 0 Å². The van der Waals surface area contributed by atoms with Gasteiger partial charge in [0.25, 0.3) is 0 Å². The van der Waals surface area contributed by atoms with Crippen molar-refractivity contribution in [3.8, 4) is 0 Å². The molecule has 0 aliphatic carbocycles. The number of aryl methyl sites for hydroxylation is 2. The molecule has 2 unspecified atom stereocenters. The summed E-state index contributed by atoms with van der Waals surface area (Å²) in [5.41, 5.74) is 3.59. The molecule has 1 aliphatic heterocycles. The van der Waals surface area contributed by atoms with Crippen molar-refractivity contribution in [3.05, 3.63) is 52.7 Å². The third-order valence-corrected chi connectivity index (χ3v) is 5.69. The Balaban J connectivity index is 1.65. The fourth-order valence-electron chi connectivity index (χ4n) is 4.31. The minimum Gasteiger partial charge on any atom is -0.444 e. The van der Waals surface area contributed by atoms with E-state index < -0.39 is 0 Å². The lowest BCUT2D eigenvalue weighted by Gasteiger charge is -2.35. The Morgan fingerprint density at radius 3 is 2.47 bits per heavy atom. The molecule has 30 heavy (non-hydrogen) atoms. The van der Waals surface area contributed by atoms with Gasteiger partial charge < -0.3 is 15.1 Å². The summed E-state index contributed by atoms with van der Waals surface area (Å²) < 4.78 is 5.66. The van der Waals surface area contributed by atoms with E-state index in [4.69, 9.17) is 9.41 Å². The van der Waals surface area contributed by atoms with Crippen LogP contribution in [0.15, 0.2) is 33.7 Å². The molecule has 1 aromatic heterocycles. The highest BCUT2D eigenvalue weighted by Gasteiger charge is 2.22. The molecule has 3 rings (SSSR count). The van der Waals surface area contributed by atoms with E-state index in [0.717, 1.165) is 42.3 Å². The zero-order chi connectivity index (χ0) is 21.5. The number of likely N-dealkylation sites (tertiary alicyclic amines) is 1. The second-order valence-electron chi connectivity index (χ2n) is 8.71. The lowest BCUT2D eigenvalue weighted by Crippen LogP contribution is -2.38. The second kappa shape index (κ2) is 10.6. The van der Waals surface area contributed by atoms with Gasteiger partial charge in [-0.1, -0.05) is 38.1 Å². The van der Waals surface area contributed by atoms with Crippen LogP contribution in [0.1, 0.15) is 55.7 Å². The Kier molecular flexibility index (Phi) is 7.91. The Hall–Kier alpha value is -2.34. The molecule has 2 aromatic rings. The molecule has 1 fully saturated rings. The highest BCUT2D eigenvalue weighted by atomic mass is 16.4. The van der Waals surface area contributed by atoms with E-state index in [1.165, 1.54) is 30.6 Å². The van der Waals surface area contributed by atoms with Gasteiger partial charge in [0.05, 0.1) is 18.8 Å². The van der Waals surface area contributed by atoms with Gasteiger partial charge in [-0.25, -0.2) is 9.98 Å². The molecule has 0 bridgehead atoms. The zero-order valence-corrected chi connectivity index (χ0v) is 19.2. The van der Waals surface area contributed by atoms with E-state index in [9.17, 15) is 0 Å². The maximum atomic E-state index is 5.66. The van der Waals surface area contributed by atoms with Crippen LogP contribution in [0.3, 0.4) is 0 Å². The second-order valence-corrected chi connectivity index (χ2v) is 8.71. The zero-order valence-electron chi connectivity index (χ0n) is 19.2. The monoisotopic (exact) mass is 411 g/mol. The molecule has 2 heterocycles. The van der Waals surface area contributed by atoms with Crippen LogP contribution >= 0.6 is 0 Å². The van der Waals surface area contributed by atoms with Crippen molar-refractivity contribution in [3.63, 3.8) is 0 Å². The van der Waals surface area contributed by atoms with E-state index in [1.54, 1.807) is 0 Å². The number of benzene rings is 1. The smallest absolute Gasteiger partial charge is 0.214 e. The quantitative estimate of drug-likeness (QED) is 0.532. The Bertz CT molecular complexity index is 814. The number of hydrogen-bond donors (Lipinski definition) is 2. The first-order valence-electron chi connectivity index (χ1n) is 11.2. The molecule has 1 aliphatic rings. The van der Waals surface area contributed by atoms with Gasteiger partial charge in [-0.05, 0) is 50.2 Å². The molecule has 0 amide bonds. The van der Waals surface area contributed by atoms with Crippen molar-refractivity contribution < 1.29 is 4.42 Å². The molecular formula is C24H37N5O. The van der Waals surface area contributed by atoms with E-state index in [1.807, 2.05) is 13.8 Å². The summed E-state index contributed by atoms with van der Waals surface area (Å²) >= 11 is 0. The van der Waals surface area contributed by atoms with Gasteiger partial charge in [0, 0.05) is 26.2 Å². The normalized spacial score (nSPS) is 20.4. The van der Waals surface area contributed by atoms with Crippen LogP contribution in [0, 0.1) is 25.7 Å². The van der Waals surface area contributed by atoms with Gasteiger partial charge >= 0.3 is 0 Å². The van der Waals surface area contributed by atoms with Gasteiger partial charge in [-0.2, -0.15) is 0 Å². The van der Waals surface area contributed by atoms with Crippen molar-refractivity contribution in [1.29, 1.82) is 0 Å². The highest BCUT2D eigenvalue weighted by Crippen LogP contribution is 2.23. The van der Waals surface area contributed by atoms with Gasteiger partial charge in [0.15, 0.2) is 5.96 Å². The minimum atomic E-state index is 0.520. The van der Waals surface area contributed by atoms with Crippen molar-refractivity contribution >= 4 is 5.96 Å². The van der Waals surface area contributed by atoms with E-state index in [-0.39, 0.29) is 0 Å². The predicted octanol–water partition coefficient (Wildman–Crippen LogP) is 4.02. The standard InChI is InChI=1S/C24H37N5O/c1-6-25-24(27-13-23-28-19(4)20(5)30-23)26-12-21-9-7-8-10-22(21)16-29-14-17(2)11-18(3)15-29/h7-10,17-18H,6,11-16H2,1-5H3,(H2,25,26,27). The summed E-state index contributed by atoms with van der Waals surface area (Å²) in [6.45, 7) is 16.0. The Morgan fingerprint density at radius 1 is 1.13 bits per heavy atom. The van der Waals surface area contributed by atoms with E-state index >= 15 is 0 Å². The van der Waals surface area contributed by atoms with Crippen LogP contribution in [-0.2, 0) is 19.6 Å². The van der Waals surface area contributed by atoms with Crippen molar-refractivity contribution in [1.82, 2.24) is 20.5 Å². The number of nitrogens with one attached hydrogen (secondary N) is 2. The SMILES string of the molecule is CCNC(=NCc1ccccc1CN1CC(C)CC(C)C1)NCc1nc(C)c(C)o1. The molecule has 0 spiro atoms. The molecular weight excluding hydrogens is 374 g/mol. The summed E-state index contributed by atoms with van der Waals surface area (Å²) in [6, 6.07) is 8.68. The van der Waals surface area contributed by atoms with Gasteiger partial charge in [0.1, 0.15) is 5.76 Å². The van der Waals surface area contributed by atoms with Crippen LogP contribution in [-0.4, -0.2) is 35.5 Å². The molecule has 1 aromatic carbocycles. The van der Waals surface area contributed by atoms with Crippen LogP contribution in [0.4, 0.5) is 0 Å². The number of aliphatic imine (C=N–C) groups is 1. The van der Waals surface area contributed by atoms with Crippen LogP contribution in [0.2, 0.25) is 0 Å². The minimum absolute atomic E-state index is 0.520. The maximum Gasteiger partial charge on any atom is 0.214 e. The molecule has 164 valence electrons. The predicted molar refractivity (Wildman–Crippen MR) is 122 cm³/mol. The van der Waals surface area contributed by atoms with Gasteiger partial charge in [-0.3, -0.25) is 4.90 Å². The topological polar surface area (TPSA) is 65.7 Å². The molecule has 2 N–H and O–H groups in total. The van der Waals surface area contributed by atoms with Crippen molar-refractivity contribution in [2.24, 2.45) is 16.8 Å². The first kappa shape index (κ1) is 22.3. The average molecular weight is 412 g/mol. The lowest BCUT2D eigenvalue weighted by atomic mass is 9.91. The van der Waals surface area contributed by atoms with E-state index in [0.29, 0.717) is 19.0 Å². The summed E-state index contributed by atoms with van der Waals surface area (Å²) in [6.07, 6.45) is 1.34. The number of aromatic nitrogens is 1. The highest BCUT2D eigenvalue weighted by molar-refractivity contribution is 5.79. The average Bonchev–Trinajstić information content (AvgIpc) is 3.02. The first-order valence-corrected chi connectivity index (χ1v) is 11.2. The molecule has 6 nitrogen and oxygen atoms in total. The van der Waals surface area contributed by atoms with Crippen LogP contribution < -0.4 is 10.6 Å². The van der Waals surface area contributed by atoms with Crippen molar-refractivity contribution in [2.45, 2.75) is 60.7 Å². The number of hydrogen-bond acceptors (Lipinski definition) is 4.